The van der Waals surface area contributed by atoms with Crippen molar-refractivity contribution in [3.05, 3.63) is 46.3 Å². The van der Waals surface area contributed by atoms with Gasteiger partial charge in [0.25, 0.3) is 10.0 Å². The van der Waals surface area contributed by atoms with Crippen molar-refractivity contribution >= 4 is 38.6 Å². The monoisotopic (exact) mass is 344 g/mol. The molecule has 1 aromatic heterocycles. The summed E-state index contributed by atoms with van der Waals surface area (Å²) in [5, 5.41) is 0. The molecule has 2 aromatic rings. The summed E-state index contributed by atoms with van der Waals surface area (Å²) in [4.78, 5) is 0. The highest BCUT2D eigenvalue weighted by Crippen LogP contribution is 2.29. The first kappa shape index (κ1) is 16.3. The highest BCUT2D eigenvalue weighted by molar-refractivity contribution is 7.91. The Morgan fingerprint density at radius 2 is 2.05 bits per heavy atom. The minimum Gasteiger partial charge on any atom is -0.399 e. The molecule has 7 heteroatoms. The second-order valence-electron chi connectivity index (χ2n) is 4.64. The van der Waals surface area contributed by atoms with Gasteiger partial charge in [0.1, 0.15) is 4.21 Å². The van der Waals surface area contributed by atoms with E-state index < -0.39 is 10.0 Å². The maximum absolute atomic E-state index is 12.7. The average Bonchev–Trinajstić information content (AvgIpc) is 2.86. The molecule has 21 heavy (non-hydrogen) atoms. The summed E-state index contributed by atoms with van der Waals surface area (Å²) in [5.41, 5.74) is 7.24. The van der Waals surface area contributed by atoms with Gasteiger partial charge in [0, 0.05) is 18.8 Å². The molecule has 0 saturated carbocycles. The summed E-state index contributed by atoms with van der Waals surface area (Å²) >= 11 is 6.92. The molecule has 0 bridgehead atoms. The van der Waals surface area contributed by atoms with Crippen molar-refractivity contribution in [3.63, 3.8) is 0 Å². The maximum Gasteiger partial charge on any atom is 0.252 e. The number of rotatable bonds is 6. The van der Waals surface area contributed by atoms with E-state index in [1.165, 1.54) is 4.31 Å². The van der Waals surface area contributed by atoms with Gasteiger partial charge in [-0.1, -0.05) is 30.7 Å². The van der Waals surface area contributed by atoms with Crippen LogP contribution in [-0.2, 0) is 16.6 Å². The molecule has 0 aliphatic rings. The van der Waals surface area contributed by atoms with E-state index in [1.54, 1.807) is 24.3 Å². The van der Waals surface area contributed by atoms with Crippen LogP contribution in [0.15, 0.2) is 40.6 Å². The lowest BCUT2D eigenvalue weighted by Crippen LogP contribution is -2.30. The Kier molecular flexibility index (Phi) is 5.27. The highest BCUT2D eigenvalue weighted by atomic mass is 35.5. The van der Waals surface area contributed by atoms with Crippen molar-refractivity contribution in [1.82, 2.24) is 4.31 Å². The summed E-state index contributed by atoms with van der Waals surface area (Å²) in [6.07, 6.45) is 0.737. The van der Waals surface area contributed by atoms with Gasteiger partial charge < -0.3 is 5.73 Å². The molecule has 0 unspecified atom stereocenters. The largest absolute Gasteiger partial charge is 0.399 e. The molecule has 114 valence electrons. The van der Waals surface area contributed by atoms with Crippen LogP contribution in [0.4, 0.5) is 5.69 Å². The van der Waals surface area contributed by atoms with E-state index in [-0.39, 0.29) is 4.21 Å². The Bertz CT molecular complexity index is 713. The molecule has 0 fully saturated rings. The Morgan fingerprint density at radius 1 is 1.29 bits per heavy atom. The van der Waals surface area contributed by atoms with Gasteiger partial charge in [0.05, 0.1) is 4.34 Å². The van der Waals surface area contributed by atoms with Crippen molar-refractivity contribution in [2.24, 2.45) is 0 Å². The third-order valence-corrected chi connectivity index (χ3v) is 6.47. The highest BCUT2D eigenvalue weighted by Gasteiger charge is 2.25. The van der Waals surface area contributed by atoms with Gasteiger partial charge in [0.2, 0.25) is 0 Å². The number of thiophene rings is 1. The van der Waals surface area contributed by atoms with E-state index in [2.05, 4.69) is 0 Å². The predicted molar refractivity (Wildman–Crippen MR) is 88.1 cm³/mol. The van der Waals surface area contributed by atoms with Crippen LogP contribution in [0.2, 0.25) is 4.34 Å². The fourth-order valence-electron chi connectivity index (χ4n) is 1.99. The van der Waals surface area contributed by atoms with Gasteiger partial charge in [0.15, 0.2) is 0 Å². The van der Waals surface area contributed by atoms with Crippen molar-refractivity contribution in [1.29, 1.82) is 0 Å². The van der Waals surface area contributed by atoms with Crippen LogP contribution in [0.3, 0.4) is 0 Å². The zero-order chi connectivity index (χ0) is 15.5. The van der Waals surface area contributed by atoms with Crippen LogP contribution in [-0.4, -0.2) is 19.3 Å². The first-order valence-electron chi connectivity index (χ1n) is 6.53. The van der Waals surface area contributed by atoms with E-state index in [1.807, 2.05) is 19.1 Å². The van der Waals surface area contributed by atoms with Gasteiger partial charge in [-0.2, -0.15) is 4.31 Å². The van der Waals surface area contributed by atoms with Crippen molar-refractivity contribution in [2.75, 3.05) is 12.3 Å². The zero-order valence-corrected chi connectivity index (χ0v) is 14.0. The van der Waals surface area contributed by atoms with E-state index >= 15 is 0 Å². The molecule has 0 saturated heterocycles. The molecular weight excluding hydrogens is 328 g/mol. The number of halogens is 1. The molecule has 1 aromatic carbocycles. The molecule has 0 atom stereocenters. The van der Waals surface area contributed by atoms with E-state index in [4.69, 9.17) is 17.3 Å². The van der Waals surface area contributed by atoms with Gasteiger partial charge >= 0.3 is 0 Å². The standard InChI is InChI=1S/C14H17ClN2O2S2/c1-2-8-17(10-11-4-3-5-12(16)9-11)21(18,19)14-7-6-13(15)20-14/h3-7,9H,2,8,10,16H2,1H3. The molecule has 1 heterocycles. The molecule has 2 rings (SSSR count). The molecule has 0 amide bonds. The molecule has 0 radical (unpaired) electrons. The Hall–Kier alpha value is -1.08. The fraction of sp³-hybridized carbons (Fsp3) is 0.286. The maximum atomic E-state index is 12.7. The second kappa shape index (κ2) is 6.79. The lowest BCUT2D eigenvalue weighted by molar-refractivity contribution is 0.407. The number of hydrogen-bond acceptors (Lipinski definition) is 4. The number of anilines is 1. The van der Waals surface area contributed by atoms with Gasteiger partial charge in [-0.15, -0.1) is 11.3 Å². The van der Waals surface area contributed by atoms with Gasteiger partial charge in [-0.3, -0.25) is 0 Å². The summed E-state index contributed by atoms with van der Waals surface area (Å²) < 4.78 is 27.5. The van der Waals surface area contributed by atoms with E-state index in [0.717, 1.165) is 23.3 Å². The van der Waals surface area contributed by atoms with Crippen molar-refractivity contribution in [3.8, 4) is 0 Å². The summed E-state index contributed by atoms with van der Waals surface area (Å²) in [6.45, 7) is 2.70. The van der Waals surface area contributed by atoms with Crippen molar-refractivity contribution in [2.45, 2.75) is 24.1 Å². The zero-order valence-electron chi connectivity index (χ0n) is 11.6. The number of benzene rings is 1. The van der Waals surface area contributed by atoms with Crippen LogP contribution in [0, 0.1) is 0 Å². The van der Waals surface area contributed by atoms with E-state index in [0.29, 0.717) is 23.1 Å². The average molecular weight is 345 g/mol. The Labute approximate surface area is 134 Å². The first-order chi connectivity index (χ1) is 9.93. The van der Waals surface area contributed by atoms with Crippen LogP contribution in [0.5, 0.6) is 0 Å². The minimum atomic E-state index is -3.53. The van der Waals surface area contributed by atoms with Crippen LogP contribution in [0.1, 0.15) is 18.9 Å². The smallest absolute Gasteiger partial charge is 0.252 e. The first-order valence-corrected chi connectivity index (χ1v) is 9.17. The second-order valence-corrected chi connectivity index (χ2v) is 8.52. The van der Waals surface area contributed by atoms with Crippen LogP contribution in [0.25, 0.3) is 0 Å². The molecule has 0 aliphatic carbocycles. The normalized spacial score (nSPS) is 12.0. The number of nitrogen functional groups attached to an aromatic ring is 1. The molecule has 0 aliphatic heterocycles. The lowest BCUT2D eigenvalue weighted by Gasteiger charge is -2.21. The number of sulfonamides is 1. The van der Waals surface area contributed by atoms with Crippen molar-refractivity contribution < 1.29 is 8.42 Å². The van der Waals surface area contributed by atoms with Crippen LogP contribution >= 0.6 is 22.9 Å². The molecule has 2 N–H and O–H groups in total. The molecule has 4 nitrogen and oxygen atoms in total. The third-order valence-electron chi connectivity index (χ3n) is 2.93. The SMILES string of the molecule is CCCN(Cc1cccc(N)c1)S(=O)(=O)c1ccc(Cl)s1. The quantitative estimate of drug-likeness (QED) is 0.814. The minimum absolute atomic E-state index is 0.268. The Morgan fingerprint density at radius 3 is 2.62 bits per heavy atom. The molecule has 0 spiro atoms. The Balaban J connectivity index is 2.30. The van der Waals surface area contributed by atoms with Gasteiger partial charge in [-0.05, 0) is 36.2 Å². The molecular formula is C14H17ClN2O2S2. The predicted octanol–water partition coefficient (Wildman–Crippen LogP) is 3.58. The van der Waals surface area contributed by atoms with E-state index in [9.17, 15) is 8.42 Å². The van der Waals surface area contributed by atoms with Crippen LogP contribution < -0.4 is 5.73 Å². The van der Waals surface area contributed by atoms with Gasteiger partial charge in [-0.25, -0.2) is 8.42 Å². The fourth-order valence-corrected chi connectivity index (χ4v) is 5.15. The number of hydrogen-bond donors (Lipinski definition) is 1. The number of nitrogens with zero attached hydrogens (tertiary/aromatic N) is 1. The third kappa shape index (κ3) is 3.97. The topological polar surface area (TPSA) is 63.4 Å². The summed E-state index contributed by atoms with van der Waals surface area (Å²) in [5.74, 6) is 0. The lowest BCUT2D eigenvalue weighted by atomic mass is 10.2. The summed E-state index contributed by atoms with van der Waals surface area (Å²) in [6, 6.07) is 10.4. The summed E-state index contributed by atoms with van der Waals surface area (Å²) in [7, 11) is -3.53. The number of nitrogens with two attached hydrogens (primary N) is 1.